The summed E-state index contributed by atoms with van der Waals surface area (Å²) in [5.41, 5.74) is 2.82. The Balaban J connectivity index is 2.10. The quantitative estimate of drug-likeness (QED) is 0.308. The average Bonchev–Trinajstić information content (AvgIpc) is 2.90. The van der Waals surface area contributed by atoms with Crippen molar-refractivity contribution < 1.29 is 18.0 Å². The van der Waals surface area contributed by atoms with Gasteiger partial charge in [0.1, 0.15) is 12.6 Å². The van der Waals surface area contributed by atoms with Crippen molar-refractivity contribution >= 4 is 50.7 Å². The number of carbonyl (C=O) groups excluding carboxylic acids is 2. The Morgan fingerprint density at radius 3 is 2.05 bits per heavy atom. The highest BCUT2D eigenvalue weighted by molar-refractivity contribution is 7.92. The molecule has 208 valence electrons. The number of anilines is 1. The molecule has 0 saturated carbocycles. The van der Waals surface area contributed by atoms with E-state index in [0.29, 0.717) is 13.0 Å². The van der Waals surface area contributed by atoms with Crippen molar-refractivity contribution in [3.8, 4) is 0 Å². The maximum Gasteiger partial charge on any atom is 0.264 e. The van der Waals surface area contributed by atoms with Crippen molar-refractivity contribution in [2.24, 2.45) is 0 Å². The normalized spacial score (nSPS) is 12.1. The van der Waals surface area contributed by atoms with Crippen LogP contribution in [0.25, 0.3) is 0 Å². The molecule has 0 bridgehead atoms. The molecule has 0 aliphatic carbocycles. The molecular weight excluding hydrogens is 557 g/mol. The van der Waals surface area contributed by atoms with Crippen molar-refractivity contribution in [3.63, 3.8) is 0 Å². The summed E-state index contributed by atoms with van der Waals surface area (Å²) in [6.07, 6.45) is 0.339. The van der Waals surface area contributed by atoms with E-state index in [1.54, 1.807) is 19.1 Å². The Morgan fingerprint density at radius 1 is 0.897 bits per heavy atom. The lowest BCUT2D eigenvalue weighted by molar-refractivity contribution is -0.140. The molecule has 0 spiro atoms. The fourth-order valence-electron chi connectivity index (χ4n) is 4.13. The minimum Gasteiger partial charge on any atom is -0.355 e. The van der Waals surface area contributed by atoms with Crippen molar-refractivity contribution in [2.75, 3.05) is 17.4 Å². The molecule has 3 aromatic carbocycles. The molecular formula is C29H33Cl2N3O4S. The largest absolute Gasteiger partial charge is 0.355 e. The lowest BCUT2D eigenvalue weighted by atomic mass is 10.1. The van der Waals surface area contributed by atoms with Crippen LogP contribution in [0.2, 0.25) is 10.0 Å². The molecule has 0 radical (unpaired) electrons. The third-order valence-electron chi connectivity index (χ3n) is 6.28. The van der Waals surface area contributed by atoms with Crippen molar-refractivity contribution in [2.45, 2.75) is 51.6 Å². The summed E-state index contributed by atoms with van der Waals surface area (Å²) < 4.78 is 28.8. The second kappa shape index (κ2) is 13.3. The van der Waals surface area contributed by atoms with E-state index in [1.165, 1.54) is 35.2 Å². The van der Waals surface area contributed by atoms with Crippen LogP contribution in [0, 0.1) is 13.8 Å². The number of aryl methyl sites for hydroxylation is 2. The third kappa shape index (κ3) is 7.53. The molecule has 1 N–H and O–H groups in total. The Morgan fingerprint density at radius 2 is 1.49 bits per heavy atom. The Labute approximate surface area is 240 Å². The number of carbonyl (C=O) groups is 2. The zero-order chi connectivity index (χ0) is 28.7. The second-order valence-corrected chi connectivity index (χ2v) is 12.0. The van der Waals surface area contributed by atoms with Gasteiger partial charge in [-0.15, -0.1) is 0 Å². The monoisotopic (exact) mass is 589 g/mol. The topological polar surface area (TPSA) is 86.8 Å². The lowest BCUT2D eigenvalue weighted by Crippen LogP contribution is -2.52. The van der Waals surface area contributed by atoms with Crippen LogP contribution in [0.5, 0.6) is 0 Å². The van der Waals surface area contributed by atoms with E-state index < -0.39 is 28.5 Å². The number of rotatable bonds is 11. The lowest BCUT2D eigenvalue weighted by Gasteiger charge is -2.33. The number of hydrogen-bond acceptors (Lipinski definition) is 4. The number of hydrogen-bond donors (Lipinski definition) is 1. The van der Waals surface area contributed by atoms with Crippen LogP contribution in [0.4, 0.5) is 5.69 Å². The van der Waals surface area contributed by atoms with E-state index in [-0.39, 0.29) is 33.1 Å². The van der Waals surface area contributed by atoms with Gasteiger partial charge in [0.2, 0.25) is 11.8 Å². The summed E-state index contributed by atoms with van der Waals surface area (Å²) in [6.45, 7) is 7.35. The van der Waals surface area contributed by atoms with Crippen molar-refractivity contribution in [3.05, 3.63) is 93.5 Å². The van der Waals surface area contributed by atoms with Crippen LogP contribution in [0.3, 0.4) is 0 Å². The third-order valence-corrected chi connectivity index (χ3v) is 8.60. The van der Waals surface area contributed by atoms with Crippen LogP contribution in [-0.2, 0) is 26.2 Å². The first-order chi connectivity index (χ1) is 18.5. The molecule has 0 unspecified atom stereocenters. The predicted octanol–water partition coefficient (Wildman–Crippen LogP) is 5.75. The standard InChI is InChI=1S/C29H33Cl2N3O4S/c1-5-26(29(36)32-6-2)33(18-22-11-7-20(3)8-12-22)28(35)19-34(27-17-23(30)13-16-25(27)31)39(37,38)24-14-9-21(4)10-15-24/h7-17,26H,5-6,18-19H2,1-4H3,(H,32,36)/t26-/m0/s1. The highest BCUT2D eigenvalue weighted by Crippen LogP contribution is 2.33. The Kier molecular flexibility index (Phi) is 10.4. The smallest absolute Gasteiger partial charge is 0.264 e. The number of benzene rings is 3. The van der Waals surface area contributed by atoms with Gasteiger partial charge in [0, 0.05) is 18.1 Å². The minimum atomic E-state index is -4.24. The molecule has 3 rings (SSSR count). The zero-order valence-corrected chi connectivity index (χ0v) is 24.8. The summed E-state index contributed by atoms with van der Waals surface area (Å²) in [6, 6.07) is 17.6. The first kappa shape index (κ1) is 30.5. The SMILES string of the molecule is CCNC(=O)[C@H](CC)N(Cc1ccc(C)cc1)C(=O)CN(c1cc(Cl)ccc1Cl)S(=O)(=O)c1ccc(C)cc1. The minimum absolute atomic E-state index is 0.00204. The van der Waals surface area contributed by atoms with Gasteiger partial charge in [-0.25, -0.2) is 8.42 Å². The summed E-state index contributed by atoms with van der Waals surface area (Å²) >= 11 is 12.7. The summed E-state index contributed by atoms with van der Waals surface area (Å²) in [5.74, 6) is -0.866. The summed E-state index contributed by atoms with van der Waals surface area (Å²) in [4.78, 5) is 28.4. The summed E-state index contributed by atoms with van der Waals surface area (Å²) in [7, 11) is -4.24. The number of nitrogens with zero attached hydrogens (tertiary/aromatic N) is 2. The first-order valence-corrected chi connectivity index (χ1v) is 14.8. The molecule has 0 fully saturated rings. The van der Waals surface area contributed by atoms with Crippen LogP contribution in [-0.4, -0.2) is 44.3 Å². The molecule has 0 saturated heterocycles. The predicted molar refractivity (Wildman–Crippen MR) is 157 cm³/mol. The van der Waals surface area contributed by atoms with Gasteiger partial charge in [-0.3, -0.25) is 13.9 Å². The molecule has 39 heavy (non-hydrogen) atoms. The van der Waals surface area contributed by atoms with Crippen LogP contribution < -0.4 is 9.62 Å². The average molecular weight is 591 g/mol. The van der Waals surface area contributed by atoms with Gasteiger partial charge in [0.05, 0.1) is 15.6 Å². The Bertz CT molecular complexity index is 1410. The van der Waals surface area contributed by atoms with Gasteiger partial charge in [-0.1, -0.05) is 77.7 Å². The number of amides is 2. The molecule has 0 heterocycles. The number of likely N-dealkylation sites (N-methyl/N-ethyl adjacent to an activating group) is 1. The molecule has 2 amide bonds. The van der Waals surface area contributed by atoms with Gasteiger partial charge < -0.3 is 10.2 Å². The van der Waals surface area contributed by atoms with E-state index in [4.69, 9.17) is 23.2 Å². The number of sulfonamides is 1. The Hall–Kier alpha value is -3.07. The van der Waals surface area contributed by atoms with Gasteiger partial charge >= 0.3 is 0 Å². The molecule has 0 aliphatic rings. The van der Waals surface area contributed by atoms with Crippen LogP contribution >= 0.6 is 23.2 Å². The number of nitrogens with one attached hydrogen (secondary N) is 1. The van der Waals surface area contributed by atoms with Crippen molar-refractivity contribution in [1.29, 1.82) is 0 Å². The zero-order valence-electron chi connectivity index (χ0n) is 22.4. The van der Waals surface area contributed by atoms with Crippen LogP contribution in [0.15, 0.2) is 71.6 Å². The highest BCUT2D eigenvalue weighted by Gasteiger charge is 2.34. The second-order valence-electron chi connectivity index (χ2n) is 9.25. The van der Waals surface area contributed by atoms with Gasteiger partial charge in [-0.05, 0) is 63.1 Å². The molecule has 1 atom stereocenters. The van der Waals surface area contributed by atoms with Gasteiger partial charge in [-0.2, -0.15) is 0 Å². The van der Waals surface area contributed by atoms with E-state index in [9.17, 15) is 18.0 Å². The molecule has 7 nitrogen and oxygen atoms in total. The van der Waals surface area contributed by atoms with Crippen molar-refractivity contribution in [1.82, 2.24) is 10.2 Å². The molecule has 0 aliphatic heterocycles. The molecule has 10 heteroatoms. The van der Waals surface area contributed by atoms with E-state index in [1.807, 2.05) is 45.0 Å². The van der Waals surface area contributed by atoms with Gasteiger partial charge in [0.15, 0.2) is 0 Å². The molecule has 0 aromatic heterocycles. The van der Waals surface area contributed by atoms with Crippen LogP contribution in [0.1, 0.15) is 37.0 Å². The fraction of sp³-hybridized carbons (Fsp3) is 0.310. The van der Waals surface area contributed by atoms with E-state index in [0.717, 1.165) is 21.0 Å². The highest BCUT2D eigenvalue weighted by atomic mass is 35.5. The van der Waals surface area contributed by atoms with Gasteiger partial charge in [0.25, 0.3) is 10.0 Å². The van der Waals surface area contributed by atoms with E-state index in [2.05, 4.69) is 5.32 Å². The molecule has 3 aromatic rings. The maximum absolute atomic E-state index is 14.0. The first-order valence-electron chi connectivity index (χ1n) is 12.6. The fourth-order valence-corrected chi connectivity index (χ4v) is 5.99. The summed E-state index contributed by atoms with van der Waals surface area (Å²) in [5, 5.41) is 3.16. The number of halogens is 2. The van der Waals surface area contributed by atoms with E-state index >= 15 is 0 Å². The maximum atomic E-state index is 14.0.